The molecule has 23 heavy (non-hydrogen) atoms. The second kappa shape index (κ2) is 6.73. The summed E-state index contributed by atoms with van der Waals surface area (Å²) in [5.41, 5.74) is 1.12. The van der Waals surface area contributed by atoms with Crippen LogP contribution in [0.4, 0.5) is 15.9 Å². The van der Waals surface area contributed by atoms with Gasteiger partial charge in [0.25, 0.3) is 0 Å². The predicted octanol–water partition coefficient (Wildman–Crippen LogP) is 2.78. The number of halogens is 1. The molecule has 1 N–H and O–H groups in total. The Labute approximate surface area is 134 Å². The molecule has 0 aliphatic carbocycles. The van der Waals surface area contributed by atoms with Crippen LogP contribution in [0, 0.1) is 18.7 Å². The topological polar surface area (TPSA) is 58.1 Å². The number of aryl methyl sites for hydroxylation is 1. The Balaban J connectivity index is 1.57. The Morgan fingerprint density at radius 1 is 1.17 bits per heavy atom. The Hall–Kier alpha value is -2.50. The number of carbonyl (C=O) groups is 1. The summed E-state index contributed by atoms with van der Waals surface area (Å²) in [5, 5.41) is 10.9. The van der Waals surface area contributed by atoms with Crippen LogP contribution in [0.25, 0.3) is 0 Å². The Bertz CT molecular complexity index is 681. The summed E-state index contributed by atoms with van der Waals surface area (Å²) in [4.78, 5) is 14.4. The summed E-state index contributed by atoms with van der Waals surface area (Å²) in [6.45, 7) is 3.39. The number of hydrogen-bond acceptors (Lipinski definition) is 4. The summed E-state index contributed by atoms with van der Waals surface area (Å²) in [5.74, 6) is 0.200. The van der Waals surface area contributed by atoms with Gasteiger partial charge >= 0.3 is 0 Å². The number of hydrogen-bond donors (Lipinski definition) is 1. The summed E-state index contributed by atoms with van der Waals surface area (Å²) >= 11 is 0. The predicted molar refractivity (Wildman–Crippen MR) is 86.7 cm³/mol. The highest BCUT2D eigenvalue weighted by Crippen LogP contribution is 2.23. The molecule has 2 aromatic rings. The number of nitrogens with zero attached hydrogens (tertiary/aromatic N) is 3. The fraction of sp³-hybridized carbons (Fsp3) is 0.353. The van der Waals surface area contributed by atoms with Gasteiger partial charge in [-0.1, -0.05) is 12.1 Å². The molecule has 0 spiro atoms. The van der Waals surface area contributed by atoms with Gasteiger partial charge < -0.3 is 10.2 Å². The van der Waals surface area contributed by atoms with Crippen molar-refractivity contribution in [2.75, 3.05) is 23.3 Å². The van der Waals surface area contributed by atoms with Gasteiger partial charge in [0.05, 0.1) is 11.4 Å². The maximum atomic E-state index is 13.6. The molecule has 0 atom stereocenters. The van der Waals surface area contributed by atoms with Crippen molar-refractivity contribution in [1.82, 2.24) is 10.2 Å². The summed E-state index contributed by atoms with van der Waals surface area (Å²) in [6, 6.07) is 10.1. The van der Waals surface area contributed by atoms with Crippen LogP contribution in [0.1, 0.15) is 18.5 Å². The van der Waals surface area contributed by atoms with Crippen molar-refractivity contribution in [3.63, 3.8) is 0 Å². The molecule has 0 saturated carbocycles. The van der Waals surface area contributed by atoms with E-state index in [4.69, 9.17) is 0 Å². The van der Waals surface area contributed by atoms with Crippen LogP contribution in [0.3, 0.4) is 0 Å². The van der Waals surface area contributed by atoms with Crippen LogP contribution < -0.4 is 10.2 Å². The third kappa shape index (κ3) is 3.64. The lowest BCUT2D eigenvalue weighted by Crippen LogP contribution is -2.38. The van der Waals surface area contributed by atoms with Gasteiger partial charge in [0.1, 0.15) is 5.82 Å². The molecular weight excluding hydrogens is 295 g/mol. The average molecular weight is 314 g/mol. The van der Waals surface area contributed by atoms with Crippen LogP contribution in [-0.2, 0) is 4.79 Å². The number of amides is 1. The molecule has 2 heterocycles. The largest absolute Gasteiger partial charge is 0.355 e. The van der Waals surface area contributed by atoms with Crippen LogP contribution in [-0.4, -0.2) is 29.2 Å². The normalized spacial score (nSPS) is 15.5. The lowest BCUT2D eigenvalue weighted by Gasteiger charge is -2.31. The molecular formula is C17H19FN4O. The van der Waals surface area contributed by atoms with Crippen molar-refractivity contribution >= 4 is 17.4 Å². The third-order valence-corrected chi connectivity index (χ3v) is 4.11. The van der Waals surface area contributed by atoms with Gasteiger partial charge in [-0.2, -0.15) is 5.10 Å². The first-order valence-electron chi connectivity index (χ1n) is 7.74. The number of carbonyl (C=O) groups excluding carboxylic acids is 1. The van der Waals surface area contributed by atoms with Gasteiger partial charge in [0.2, 0.25) is 5.91 Å². The highest BCUT2D eigenvalue weighted by Gasteiger charge is 2.26. The van der Waals surface area contributed by atoms with Crippen LogP contribution in [0.5, 0.6) is 0 Å². The van der Waals surface area contributed by atoms with E-state index in [9.17, 15) is 9.18 Å². The van der Waals surface area contributed by atoms with E-state index in [2.05, 4.69) is 20.4 Å². The maximum absolute atomic E-state index is 13.6. The fourth-order valence-electron chi connectivity index (χ4n) is 2.73. The van der Waals surface area contributed by atoms with Gasteiger partial charge in [-0.3, -0.25) is 4.79 Å². The number of anilines is 2. The fourth-order valence-corrected chi connectivity index (χ4v) is 2.73. The average Bonchev–Trinajstić information content (AvgIpc) is 2.58. The molecule has 1 fully saturated rings. The molecule has 3 rings (SSSR count). The Morgan fingerprint density at radius 3 is 2.57 bits per heavy atom. The first kappa shape index (κ1) is 15.4. The molecule has 0 unspecified atom stereocenters. The van der Waals surface area contributed by atoms with Crippen molar-refractivity contribution in [3.8, 4) is 0 Å². The van der Waals surface area contributed by atoms with Gasteiger partial charge in [-0.15, -0.1) is 5.10 Å². The zero-order valence-electron chi connectivity index (χ0n) is 13.0. The van der Waals surface area contributed by atoms with Crippen molar-refractivity contribution < 1.29 is 9.18 Å². The molecule has 1 aliphatic rings. The SMILES string of the molecule is Cc1ccc(N2CCC(C(=O)Nc3ccccc3F)CC2)nn1. The Morgan fingerprint density at radius 2 is 1.91 bits per heavy atom. The first-order chi connectivity index (χ1) is 11.1. The smallest absolute Gasteiger partial charge is 0.227 e. The minimum Gasteiger partial charge on any atom is -0.355 e. The molecule has 1 aromatic heterocycles. The lowest BCUT2D eigenvalue weighted by molar-refractivity contribution is -0.120. The standard InChI is InChI=1S/C17H19FN4O/c1-12-6-7-16(21-20-12)22-10-8-13(9-11-22)17(23)19-15-5-3-2-4-14(15)18/h2-7,13H,8-11H2,1H3,(H,19,23). The van der Waals surface area contributed by atoms with Crippen molar-refractivity contribution in [3.05, 3.63) is 47.9 Å². The quantitative estimate of drug-likeness (QED) is 0.946. The number of aromatic nitrogens is 2. The van der Waals surface area contributed by atoms with Crippen molar-refractivity contribution in [1.29, 1.82) is 0 Å². The number of benzene rings is 1. The summed E-state index contributed by atoms with van der Waals surface area (Å²) in [7, 11) is 0. The third-order valence-electron chi connectivity index (χ3n) is 4.11. The zero-order chi connectivity index (χ0) is 16.2. The van der Waals surface area contributed by atoms with E-state index < -0.39 is 5.82 Å². The van der Waals surface area contributed by atoms with E-state index in [1.54, 1.807) is 18.2 Å². The second-order valence-corrected chi connectivity index (χ2v) is 5.76. The van der Waals surface area contributed by atoms with E-state index in [1.165, 1.54) is 6.07 Å². The van der Waals surface area contributed by atoms with Gasteiger partial charge in [0, 0.05) is 19.0 Å². The molecule has 0 radical (unpaired) electrons. The Kier molecular flexibility index (Phi) is 4.50. The number of piperidine rings is 1. The molecule has 1 aliphatic heterocycles. The molecule has 0 bridgehead atoms. The van der Waals surface area contributed by atoms with Crippen LogP contribution >= 0.6 is 0 Å². The van der Waals surface area contributed by atoms with Crippen molar-refractivity contribution in [2.24, 2.45) is 5.92 Å². The van der Waals surface area contributed by atoms with Crippen LogP contribution in [0.2, 0.25) is 0 Å². The molecule has 1 saturated heterocycles. The second-order valence-electron chi connectivity index (χ2n) is 5.76. The van der Waals surface area contributed by atoms with E-state index in [-0.39, 0.29) is 17.5 Å². The lowest BCUT2D eigenvalue weighted by atomic mass is 9.96. The summed E-state index contributed by atoms with van der Waals surface area (Å²) in [6.07, 6.45) is 1.44. The molecule has 1 amide bonds. The van der Waals surface area contributed by atoms with Crippen molar-refractivity contribution in [2.45, 2.75) is 19.8 Å². The highest BCUT2D eigenvalue weighted by atomic mass is 19.1. The number of nitrogens with one attached hydrogen (secondary N) is 1. The summed E-state index contributed by atoms with van der Waals surface area (Å²) < 4.78 is 13.6. The van der Waals surface area contributed by atoms with E-state index >= 15 is 0 Å². The maximum Gasteiger partial charge on any atom is 0.227 e. The van der Waals surface area contributed by atoms with Gasteiger partial charge in [-0.05, 0) is 44.0 Å². The molecule has 5 nitrogen and oxygen atoms in total. The van der Waals surface area contributed by atoms with E-state index in [1.807, 2.05) is 19.1 Å². The minimum absolute atomic E-state index is 0.107. The number of para-hydroxylation sites is 1. The zero-order valence-corrected chi connectivity index (χ0v) is 13.0. The first-order valence-corrected chi connectivity index (χ1v) is 7.74. The van der Waals surface area contributed by atoms with Crippen LogP contribution in [0.15, 0.2) is 36.4 Å². The molecule has 120 valence electrons. The minimum atomic E-state index is -0.409. The van der Waals surface area contributed by atoms with Gasteiger partial charge in [-0.25, -0.2) is 4.39 Å². The highest BCUT2D eigenvalue weighted by molar-refractivity contribution is 5.92. The van der Waals surface area contributed by atoms with Gasteiger partial charge in [0.15, 0.2) is 5.82 Å². The number of rotatable bonds is 3. The van der Waals surface area contributed by atoms with E-state index in [0.717, 1.165) is 37.4 Å². The molecule has 1 aromatic carbocycles. The van der Waals surface area contributed by atoms with E-state index in [0.29, 0.717) is 0 Å². The molecule has 6 heteroatoms. The monoisotopic (exact) mass is 314 g/mol.